The quantitative estimate of drug-likeness (QED) is 0.657. The van der Waals surface area contributed by atoms with Gasteiger partial charge in [0.15, 0.2) is 0 Å². The number of benzene rings is 1. The summed E-state index contributed by atoms with van der Waals surface area (Å²) in [6, 6.07) is 10.7. The van der Waals surface area contributed by atoms with Gasteiger partial charge in [-0.25, -0.2) is 5.43 Å². The monoisotopic (exact) mass is 375 g/mol. The standard InChI is InChI=1S/C18H18ClN3O2S/c19-15-5-3-14(4-6-15)18(24)22-9-7-13(8-10-22)17(23)21-20-12-16-2-1-11-25-16/h1-6,11-13H,7-10H2,(H,21,23)/b20-12-. The van der Waals surface area contributed by atoms with Crippen molar-refractivity contribution in [3.63, 3.8) is 0 Å². The average Bonchev–Trinajstić information content (AvgIpc) is 3.15. The Morgan fingerprint density at radius 3 is 2.56 bits per heavy atom. The molecule has 1 aliphatic rings. The number of rotatable bonds is 4. The average molecular weight is 376 g/mol. The van der Waals surface area contributed by atoms with Crippen molar-refractivity contribution in [2.75, 3.05) is 13.1 Å². The Hall–Kier alpha value is -2.18. The number of hydrazone groups is 1. The number of hydrogen-bond acceptors (Lipinski definition) is 4. The Morgan fingerprint density at radius 2 is 1.92 bits per heavy atom. The number of halogens is 1. The number of hydrogen-bond donors (Lipinski definition) is 1. The summed E-state index contributed by atoms with van der Waals surface area (Å²) in [4.78, 5) is 27.4. The molecule has 0 spiro atoms. The van der Waals surface area contributed by atoms with Crippen LogP contribution in [0.1, 0.15) is 28.1 Å². The molecule has 2 amide bonds. The fourth-order valence-corrected chi connectivity index (χ4v) is 3.45. The third-order valence-electron chi connectivity index (χ3n) is 4.15. The first-order valence-corrected chi connectivity index (χ1v) is 9.30. The second-order valence-corrected chi connectivity index (χ2v) is 7.24. The molecule has 0 unspecified atom stereocenters. The van der Waals surface area contributed by atoms with E-state index in [0.717, 1.165) is 4.88 Å². The second kappa shape index (κ2) is 8.27. The van der Waals surface area contributed by atoms with Crippen LogP contribution in [0.3, 0.4) is 0 Å². The largest absolute Gasteiger partial charge is 0.339 e. The van der Waals surface area contributed by atoms with E-state index in [1.54, 1.807) is 46.7 Å². The summed E-state index contributed by atoms with van der Waals surface area (Å²) in [7, 11) is 0. The van der Waals surface area contributed by atoms with Gasteiger partial charge in [-0.1, -0.05) is 17.7 Å². The van der Waals surface area contributed by atoms with Crippen molar-refractivity contribution in [1.29, 1.82) is 0 Å². The number of amides is 2. The number of likely N-dealkylation sites (tertiary alicyclic amines) is 1. The normalized spacial score (nSPS) is 15.5. The molecule has 3 rings (SSSR count). The molecule has 2 aromatic rings. The summed E-state index contributed by atoms with van der Waals surface area (Å²) in [5, 5.41) is 6.55. The molecule has 1 N–H and O–H groups in total. The highest BCUT2D eigenvalue weighted by Crippen LogP contribution is 2.20. The maximum absolute atomic E-state index is 12.5. The van der Waals surface area contributed by atoms with Crippen LogP contribution in [0.2, 0.25) is 5.02 Å². The van der Waals surface area contributed by atoms with Crippen molar-refractivity contribution < 1.29 is 9.59 Å². The molecular formula is C18H18ClN3O2S. The van der Waals surface area contributed by atoms with Gasteiger partial charge in [-0.15, -0.1) is 11.3 Å². The van der Waals surface area contributed by atoms with Gasteiger partial charge >= 0.3 is 0 Å². The van der Waals surface area contributed by atoms with E-state index in [1.165, 1.54) is 0 Å². The van der Waals surface area contributed by atoms with E-state index in [-0.39, 0.29) is 17.7 Å². The van der Waals surface area contributed by atoms with Gasteiger partial charge in [0.25, 0.3) is 5.91 Å². The lowest BCUT2D eigenvalue weighted by Gasteiger charge is -2.31. The number of nitrogens with one attached hydrogen (secondary N) is 1. The molecule has 0 saturated carbocycles. The van der Waals surface area contributed by atoms with Crippen molar-refractivity contribution in [2.45, 2.75) is 12.8 Å². The Balaban J connectivity index is 1.48. The van der Waals surface area contributed by atoms with E-state index < -0.39 is 0 Å². The SMILES string of the molecule is O=C(N/N=C\c1cccs1)C1CCN(C(=O)c2ccc(Cl)cc2)CC1. The number of carbonyl (C=O) groups excluding carboxylic acids is 2. The van der Waals surface area contributed by atoms with Crippen LogP contribution in [0.15, 0.2) is 46.9 Å². The fraction of sp³-hybridized carbons (Fsp3) is 0.278. The lowest BCUT2D eigenvalue weighted by Crippen LogP contribution is -2.42. The highest BCUT2D eigenvalue weighted by atomic mass is 35.5. The Bertz CT molecular complexity index is 751. The van der Waals surface area contributed by atoms with E-state index in [0.29, 0.717) is 36.5 Å². The van der Waals surface area contributed by atoms with E-state index >= 15 is 0 Å². The van der Waals surface area contributed by atoms with Crippen LogP contribution in [-0.2, 0) is 4.79 Å². The molecule has 1 aromatic carbocycles. The van der Waals surface area contributed by atoms with E-state index in [4.69, 9.17) is 11.6 Å². The van der Waals surface area contributed by atoms with Crippen LogP contribution in [-0.4, -0.2) is 36.0 Å². The smallest absolute Gasteiger partial charge is 0.253 e. The van der Waals surface area contributed by atoms with E-state index in [9.17, 15) is 9.59 Å². The second-order valence-electron chi connectivity index (χ2n) is 5.82. The Morgan fingerprint density at radius 1 is 1.20 bits per heavy atom. The first-order valence-electron chi connectivity index (χ1n) is 8.05. The zero-order valence-electron chi connectivity index (χ0n) is 13.5. The molecule has 1 aliphatic heterocycles. The molecule has 7 heteroatoms. The van der Waals surface area contributed by atoms with Crippen LogP contribution in [0.4, 0.5) is 0 Å². The predicted molar refractivity (Wildman–Crippen MR) is 100 cm³/mol. The van der Waals surface area contributed by atoms with Gasteiger partial charge in [0, 0.05) is 34.5 Å². The summed E-state index contributed by atoms with van der Waals surface area (Å²) in [6.07, 6.45) is 2.92. The van der Waals surface area contributed by atoms with E-state index in [2.05, 4.69) is 10.5 Å². The van der Waals surface area contributed by atoms with Crippen LogP contribution in [0.5, 0.6) is 0 Å². The first kappa shape index (κ1) is 17.6. The molecule has 0 atom stereocenters. The van der Waals surface area contributed by atoms with Gasteiger partial charge in [-0.2, -0.15) is 5.10 Å². The fourth-order valence-electron chi connectivity index (χ4n) is 2.74. The third-order valence-corrected chi connectivity index (χ3v) is 5.21. The maximum Gasteiger partial charge on any atom is 0.253 e. The van der Waals surface area contributed by atoms with Crippen molar-refractivity contribution in [1.82, 2.24) is 10.3 Å². The minimum atomic E-state index is -0.116. The lowest BCUT2D eigenvalue weighted by atomic mass is 9.95. The summed E-state index contributed by atoms with van der Waals surface area (Å²) in [5.41, 5.74) is 3.21. The van der Waals surface area contributed by atoms with Crippen molar-refractivity contribution in [2.24, 2.45) is 11.0 Å². The number of piperidine rings is 1. The summed E-state index contributed by atoms with van der Waals surface area (Å²) < 4.78 is 0. The molecule has 25 heavy (non-hydrogen) atoms. The molecule has 5 nitrogen and oxygen atoms in total. The van der Waals surface area contributed by atoms with Crippen molar-refractivity contribution >= 4 is 41.0 Å². The molecule has 2 heterocycles. The van der Waals surface area contributed by atoms with Crippen molar-refractivity contribution in [3.05, 3.63) is 57.2 Å². The van der Waals surface area contributed by atoms with Crippen LogP contribution in [0, 0.1) is 5.92 Å². The zero-order valence-corrected chi connectivity index (χ0v) is 15.1. The Kier molecular flexibility index (Phi) is 5.83. The van der Waals surface area contributed by atoms with Gasteiger partial charge in [0.1, 0.15) is 0 Å². The van der Waals surface area contributed by atoms with Crippen LogP contribution in [0.25, 0.3) is 0 Å². The first-order chi connectivity index (χ1) is 12.1. The Labute approximate surface area is 155 Å². The van der Waals surface area contributed by atoms with Crippen molar-refractivity contribution in [3.8, 4) is 0 Å². The predicted octanol–water partition coefficient (Wildman–Crippen LogP) is 3.40. The highest BCUT2D eigenvalue weighted by Gasteiger charge is 2.27. The minimum absolute atomic E-state index is 0.0220. The topological polar surface area (TPSA) is 61.8 Å². The molecular weight excluding hydrogens is 358 g/mol. The van der Waals surface area contributed by atoms with Gasteiger partial charge in [-0.3, -0.25) is 9.59 Å². The van der Waals surface area contributed by atoms with Gasteiger partial charge < -0.3 is 4.90 Å². The van der Waals surface area contributed by atoms with Crippen LogP contribution >= 0.6 is 22.9 Å². The van der Waals surface area contributed by atoms with Gasteiger partial charge in [0.2, 0.25) is 5.91 Å². The zero-order chi connectivity index (χ0) is 17.6. The molecule has 130 valence electrons. The third kappa shape index (κ3) is 4.67. The molecule has 0 aliphatic carbocycles. The molecule has 0 radical (unpaired) electrons. The number of carbonyl (C=O) groups is 2. The summed E-state index contributed by atoms with van der Waals surface area (Å²) in [5.74, 6) is -0.229. The number of thiophene rings is 1. The molecule has 1 aromatic heterocycles. The van der Waals surface area contributed by atoms with Crippen LogP contribution < -0.4 is 5.43 Å². The summed E-state index contributed by atoms with van der Waals surface area (Å²) in [6.45, 7) is 1.13. The molecule has 0 bridgehead atoms. The highest BCUT2D eigenvalue weighted by molar-refractivity contribution is 7.11. The number of nitrogens with zero attached hydrogens (tertiary/aromatic N) is 2. The van der Waals surface area contributed by atoms with Gasteiger partial charge in [0.05, 0.1) is 6.21 Å². The minimum Gasteiger partial charge on any atom is -0.339 e. The molecule has 1 saturated heterocycles. The summed E-state index contributed by atoms with van der Waals surface area (Å²) >= 11 is 7.41. The molecule has 1 fully saturated rings. The lowest BCUT2D eigenvalue weighted by molar-refractivity contribution is -0.126. The van der Waals surface area contributed by atoms with E-state index in [1.807, 2.05) is 17.5 Å². The maximum atomic E-state index is 12.5. The van der Waals surface area contributed by atoms with Gasteiger partial charge in [-0.05, 0) is 48.6 Å².